The van der Waals surface area contributed by atoms with Crippen LogP contribution in [-0.4, -0.2) is 15.0 Å². The quantitative estimate of drug-likeness (QED) is 0.615. The zero-order valence-corrected chi connectivity index (χ0v) is 8.54. The maximum atomic E-state index is 4.13. The van der Waals surface area contributed by atoms with Crippen molar-refractivity contribution in [3.63, 3.8) is 0 Å². The molecule has 76 valence electrons. The van der Waals surface area contributed by atoms with Crippen molar-refractivity contribution in [3.05, 3.63) is 55.1 Å². The molecule has 3 heteroatoms. The molecule has 3 rings (SSSR count). The highest BCUT2D eigenvalue weighted by Crippen LogP contribution is 2.20. The van der Waals surface area contributed by atoms with Crippen molar-refractivity contribution in [2.45, 2.75) is 0 Å². The van der Waals surface area contributed by atoms with Crippen LogP contribution >= 0.6 is 0 Å². The van der Waals surface area contributed by atoms with Crippen LogP contribution in [0.5, 0.6) is 0 Å². The Balaban J connectivity index is 2.19. The van der Waals surface area contributed by atoms with Crippen molar-refractivity contribution in [2.24, 2.45) is 0 Å². The standard InChI is InChI=1S/C13H9N3/c1-2-4-11-7-12(6-5-10(11)3-1)13-15-8-14-9-16-13/h1-9H. The highest BCUT2D eigenvalue weighted by atomic mass is 15.0. The van der Waals surface area contributed by atoms with Crippen molar-refractivity contribution >= 4 is 10.8 Å². The van der Waals surface area contributed by atoms with Gasteiger partial charge in [0.05, 0.1) is 0 Å². The molecule has 0 amide bonds. The number of hydrogen-bond donors (Lipinski definition) is 0. The van der Waals surface area contributed by atoms with Crippen LogP contribution in [0.2, 0.25) is 0 Å². The van der Waals surface area contributed by atoms with Crippen molar-refractivity contribution in [1.29, 1.82) is 0 Å². The predicted molar refractivity (Wildman–Crippen MR) is 62.8 cm³/mol. The minimum Gasteiger partial charge on any atom is -0.225 e. The highest BCUT2D eigenvalue weighted by molar-refractivity contribution is 5.86. The summed E-state index contributed by atoms with van der Waals surface area (Å²) in [6.45, 7) is 0. The van der Waals surface area contributed by atoms with Gasteiger partial charge in [-0.3, -0.25) is 0 Å². The summed E-state index contributed by atoms with van der Waals surface area (Å²) in [7, 11) is 0. The van der Waals surface area contributed by atoms with E-state index in [2.05, 4.69) is 39.2 Å². The van der Waals surface area contributed by atoms with Gasteiger partial charge >= 0.3 is 0 Å². The van der Waals surface area contributed by atoms with E-state index < -0.39 is 0 Å². The van der Waals surface area contributed by atoms with Crippen LogP contribution < -0.4 is 0 Å². The molecule has 0 unspecified atom stereocenters. The Kier molecular flexibility index (Phi) is 2.07. The molecular formula is C13H9N3. The van der Waals surface area contributed by atoms with Gasteiger partial charge in [0.2, 0.25) is 0 Å². The van der Waals surface area contributed by atoms with Gasteiger partial charge in [-0.2, -0.15) is 0 Å². The van der Waals surface area contributed by atoms with E-state index in [-0.39, 0.29) is 0 Å². The van der Waals surface area contributed by atoms with E-state index >= 15 is 0 Å². The fourth-order valence-corrected chi connectivity index (χ4v) is 1.72. The lowest BCUT2D eigenvalue weighted by molar-refractivity contribution is 1.06. The van der Waals surface area contributed by atoms with E-state index in [0.717, 1.165) is 5.56 Å². The van der Waals surface area contributed by atoms with Gasteiger partial charge in [0.1, 0.15) is 12.7 Å². The number of benzene rings is 2. The number of nitrogens with zero attached hydrogens (tertiary/aromatic N) is 3. The zero-order valence-electron chi connectivity index (χ0n) is 8.54. The van der Waals surface area contributed by atoms with Gasteiger partial charge in [-0.15, -0.1) is 0 Å². The fourth-order valence-electron chi connectivity index (χ4n) is 1.72. The van der Waals surface area contributed by atoms with Gasteiger partial charge in [0.25, 0.3) is 0 Å². The second-order valence-electron chi connectivity index (χ2n) is 3.52. The lowest BCUT2D eigenvalue weighted by Gasteiger charge is -2.01. The molecule has 1 aromatic heterocycles. The average Bonchev–Trinajstić information content (AvgIpc) is 2.39. The molecule has 0 aliphatic carbocycles. The van der Waals surface area contributed by atoms with Crippen LogP contribution in [-0.2, 0) is 0 Å². The number of aromatic nitrogens is 3. The van der Waals surface area contributed by atoms with Crippen molar-refractivity contribution in [2.75, 3.05) is 0 Å². The molecular weight excluding hydrogens is 198 g/mol. The summed E-state index contributed by atoms with van der Waals surface area (Å²) in [5.41, 5.74) is 1.01. The molecule has 3 aromatic rings. The molecule has 0 fully saturated rings. The Bertz CT molecular complexity index is 620. The summed E-state index contributed by atoms with van der Waals surface area (Å²) in [5, 5.41) is 2.42. The predicted octanol–water partition coefficient (Wildman–Crippen LogP) is 2.69. The van der Waals surface area contributed by atoms with Gasteiger partial charge in [0.15, 0.2) is 5.82 Å². The first kappa shape index (κ1) is 8.97. The molecule has 0 spiro atoms. The molecule has 0 aliphatic heterocycles. The van der Waals surface area contributed by atoms with E-state index in [4.69, 9.17) is 0 Å². The van der Waals surface area contributed by atoms with E-state index in [1.54, 1.807) is 0 Å². The third kappa shape index (κ3) is 1.52. The topological polar surface area (TPSA) is 38.7 Å². The average molecular weight is 207 g/mol. The summed E-state index contributed by atoms with van der Waals surface area (Å²) >= 11 is 0. The summed E-state index contributed by atoms with van der Waals surface area (Å²) in [4.78, 5) is 12.1. The summed E-state index contributed by atoms with van der Waals surface area (Å²) in [5.74, 6) is 0.709. The minimum atomic E-state index is 0.709. The van der Waals surface area contributed by atoms with Crippen LogP contribution in [0.15, 0.2) is 55.1 Å². The van der Waals surface area contributed by atoms with Crippen LogP contribution in [0.1, 0.15) is 0 Å². The first-order chi connectivity index (χ1) is 7.93. The molecule has 0 saturated heterocycles. The van der Waals surface area contributed by atoms with E-state index in [1.807, 2.05) is 18.2 Å². The van der Waals surface area contributed by atoms with Crippen LogP contribution in [0.25, 0.3) is 22.2 Å². The number of fused-ring (bicyclic) bond motifs is 1. The fraction of sp³-hybridized carbons (Fsp3) is 0. The van der Waals surface area contributed by atoms with Crippen LogP contribution in [0.4, 0.5) is 0 Å². The maximum absolute atomic E-state index is 4.13. The first-order valence-corrected chi connectivity index (χ1v) is 5.05. The second-order valence-corrected chi connectivity index (χ2v) is 3.52. The Hall–Kier alpha value is -2.29. The van der Waals surface area contributed by atoms with Crippen molar-refractivity contribution < 1.29 is 0 Å². The smallest absolute Gasteiger partial charge is 0.162 e. The molecule has 0 atom stereocenters. The molecule has 3 nitrogen and oxygen atoms in total. The number of rotatable bonds is 1. The van der Waals surface area contributed by atoms with Gasteiger partial charge in [-0.1, -0.05) is 36.4 Å². The minimum absolute atomic E-state index is 0.709. The molecule has 2 aromatic carbocycles. The summed E-state index contributed by atoms with van der Waals surface area (Å²) in [6, 6.07) is 14.4. The molecule has 0 radical (unpaired) electrons. The lowest BCUT2D eigenvalue weighted by Crippen LogP contribution is -1.88. The first-order valence-electron chi connectivity index (χ1n) is 5.05. The SMILES string of the molecule is c1ccc2cc(-c3ncncn3)ccc2c1. The Labute approximate surface area is 92.8 Å². The Morgan fingerprint density at radius 1 is 0.750 bits per heavy atom. The zero-order chi connectivity index (χ0) is 10.8. The van der Waals surface area contributed by atoms with E-state index in [0.29, 0.717) is 5.82 Å². The molecule has 0 bridgehead atoms. The van der Waals surface area contributed by atoms with Crippen molar-refractivity contribution in [1.82, 2.24) is 15.0 Å². The largest absolute Gasteiger partial charge is 0.225 e. The van der Waals surface area contributed by atoms with Crippen LogP contribution in [0, 0.1) is 0 Å². The van der Waals surface area contributed by atoms with Gasteiger partial charge in [0, 0.05) is 5.56 Å². The van der Waals surface area contributed by atoms with E-state index in [1.165, 1.54) is 23.4 Å². The molecule has 1 heterocycles. The third-order valence-corrected chi connectivity index (χ3v) is 2.50. The third-order valence-electron chi connectivity index (χ3n) is 2.50. The van der Waals surface area contributed by atoms with Crippen LogP contribution in [0.3, 0.4) is 0 Å². The summed E-state index contributed by atoms with van der Waals surface area (Å²) < 4.78 is 0. The Morgan fingerprint density at radius 2 is 1.50 bits per heavy atom. The lowest BCUT2D eigenvalue weighted by atomic mass is 10.1. The van der Waals surface area contributed by atoms with Gasteiger partial charge in [-0.25, -0.2) is 15.0 Å². The van der Waals surface area contributed by atoms with Crippen molar-refractivity contribution in [3.8, 4) is 11.4 Å². The molecule has 0 aliphatic rings. The summed E-state index contributed by atoms with van der Waals surface area (Å²) in [6.07, 6.45) is 3.02. The Morgan fingerprint density at radius 3 is 2.31 bits per heavy atom. The monoisotopic (exact) mass is 207 g/mol. The second kappa shape index (κ2) is 3.70. The number of hydrogen-bond acceptors (Lipinski definition) is 3. The van der Waals surface area contributed by atoms with Gasteiger partial charge < -0.3 is 0 Å². The molecule has 16 heavy (non-hydrogen) atoms. The maximum Gasteiger partial charge on any atom is 0.162 e. The van der Waals surface area contributed by atoms with E-state index in [9.17, 15) is 0 Å². The highest BCUT2D eigenvalue weighted by Gasteiger charge is 2.00. The molecule has 0 saturated carbocycles. The molecule has 0 N–H and O–H groups in total. The van der Waals surface area contributed by atoms with Gasteiger partial charge in [-0.05, 0) is 16.8 Å². The normalized spacial score (nSPS) is 10.5.